The van der Waals surface area contributed by atoms with Crippen molar-refractivity contribution in [3.8, 4) is 0 Å². The SMILES string of the molecule is CNC(=O)[C@@H]1CN(C)CCN(Cc2cccc(C(F)(F)F)c2)C1. The molecule has 23 heavy (non-hydrogen) atoms. The summed E-state index contributed by atoms with van der Waals surface area (Å²) in [4.78, 5) is 16.1. The van der Waals surface area contributed by atoms with E-state index in [-0.39, 0.29) is 11.8 Å². The number of amides is 1. The summed E-state index contributed by atoms with van der Waals surface area (Å²) in [6.07, 6.45) is -4.33. The standard InChI is InChI=1S/C16H22F3N3O/c1-20-15(23)13-10-21(2)6-7-22(11-13)9-12-4-3-5-14(8-12)16(17,18)19/h3-5,8,13H,6-7,9-11H2,1-2H3,(H,20,23)/t13-/m1/s1. The van der Waals surface area contributed by atoms with Crippen molar-refractivity contribution in [3.63, 3.8) is 0 Å². The molecule has 1 aromatic carbocycles. The highest BCUT2D eigenvalue weighted by atomic mass is 19.4. The normalized spacial score (nSPS) is 21.0. The molecular weight excluding hydrogens is 307 g/mol. The zero-order valence-electron chi connectivity index (χ0n) is 13.4. The molecule has 1 heterocycles. The Kier molecular flexibility index (Phi) is 5.64. The third kappa shape index (κ3) is 4.94. The van der Waals surface area contributed by atoms with E-state index in [1.54, 1.807) is 13.1 Å². The summed E-state index contributed by atoms with van der Waals surface area (Å²) >= 11 is 0. The van der Waals surface area contributed by atoms with E-state index in [0.29, 0.717) is 25.2 Å². The van der Waals surface area contributed by atoms with E-state index in [0.717, 1.165) is 19.2 Å². The molecule has 1 saturated heterocycles. The average Bonchev–Trinajstić information content (AvgIpc) is 2.68. The van der Waals surface area contributed by atoms with Crippen LogP contribution >= 0.6 is 0 Å². The van der Waals surface area contributed by atoms with Crippen LogP contribution in [0.3, 0.4) is 0 Å². The topological polar surface area (TPSA) is 35.6 Å². The fraction of sp³-hybridized carbons (Fsp3) is 0.562. The van der Waals surface area contributed by atoms with Crippen LogP contribution in [-0.2, 0) is 17.5 Å². The predicted octanol–water partition coefficient (Wildman–Crippen LogP) is 1.82. The van der Waals surface area contributed by atoms with E-state index in [4.69, 9.17) is 0 Å². The molecule has 1 amide bonds. The van der Waals surface area contributed by atoms with Crippen LogP contribution in [0, 0.1) is 5.92 Å². The van der Waals surface area contributed by atoms with E-state index in [1.807, 2.05) is 11.9 Å². The van der Waals surface area contributed by atoms with Gasteiger partial charge in [-0.2, -0.15) is 13.2 Å². The number of benzene rings is 1. The molecule has 1 N–H and O–H groups in total. The molecule has 2 rings (SSSR count). The average molecular weight is 329 g/mol. The molecule has 1 atom stereocenters. The summed E-state index contributed by atoms with van der Waals surface area (Å²) < 4.78 is 38.4. The number of alkyl halides is 3. The van der Waals surface area contributed by atoms with Gasteiger partial charge in [0.1, 0.15) is 0 Å². The zero-order valence-corrected chi connectivity index (χ0v) is 13.4. The highest BCUT2D eigenvalue weighted by Crippen LogP contribution is 2.29. The summed E-state index contributed by atoms with van der Waals surface area (Å²) in [6, 6.07) is 5.38. The van der Waals surface area contributed by atoms with Gasteiger partial charge < -0.3 is 10.2 Å². The molecule has 0 spiro atoms. The lowest BCUT2D eigenvalue weighted by molar-refractivity contribution is -0.137. The Morgan fingerprint density at radius 3 is 2.70 bits per heavy atom. The maximum absolute atomic E-state index is 12.8. The Morgan fingerprint density at radius 1 is 1.30 bits per heavy atom. The predicted molar refractivity (Wildman–Crippen MR) is 81.8 cm³/mol. The van der Waals surface area contributed by atoms with Gasteiger partial charge in [-0.3, -0.25) is 9.69 Å². The second-order valence-corrected chi connectivity index (χ2v) is 6.01. The molecule has 1 aliphatic rings. The summed E-state index contributed by atoms with van der Waals surface area (Å²) in [5.41, 5.74) is -0.0233. The van der Waals surface area contributed by atoms with Crippen LogP contribution in [0.5, 0.6) is 0 Å². The molecular formula is C16H22F3N3O. The molecule has 7 heteroatoms. The molecule has 0 unspecified atom stereocenters. The van der Waals surface area contributed by atoms with Crippen LogP contribution in [0.4, 0.5) is 13.2 Å². The first-order valence-corrected chi connectivity index (χ1v) is 7.58. The quantitative estimate of drug-likeness (QED) is 0.919. The number of hydrogen-bond donors (Lipinski definition) is 1. The Labute approximate surface area is 134 Å². The minimum atomic E-state index is -4.33. The number of nitrogens with zero attached hydrogens (tertiary/aromatic N) is 2. The van der Waals surface area contributed by atoms with Gasteiger partial charge >= 0.3 is 6.18 Å². The largest absolute Gasteiger partial charge is 0.416 e. The first-order valence-electron chi connectivity index (χ1n) is 7.58. The van der Waals surface area contributed by atoms with Crippen LogP contribution in [0.25, 0.3) is 0 Å². The second kappa shape index (κ2) is 7.31. The van der Waals surface area contributed by atoms with Crippen LogP contribution in [-0.4, -0.2) is 56.0 Å². The minimum Gasteiger partial charge on any atom is -0.359 e. The maximum atomic E-state index is 12.8. The second-order valence-electron chi connectivity index (χ2n) is 6.01. The summed E-state index contributed by atoms with van der Waals surface area (Å²) in [5, 5.41) is 2.66. The van der Waals surface area contributed by atoms with Crippen molar-refractivity contribution in [2.75, 3.05) is 40.3 Å². The van der Waals surface area contributed by atoms with Crippen molar-refractivity contribution in [1.29, 1.82) is 0 Å². The zero-order chi connectivity index (χ0) is 17.0. The number of carbonyl (C=O) groups is 1. The van der Waals surface area contributed by atoms with E-state index in [9.17, 15) is 18.0 Å². The fourth-order valence-electron chi connectivity index (χ4n) is 2.86. The van der Waals surface area contributed by atoms with Crippen molar-refractivity contribution in [3.05, 3.63) is 35.4 Å². The lowest BCUT2D eigenvalue weighted by Gasteiger charge is -2.23. The van der Waals surface area contributed by atoms with E-state index in [1.165, 1.54) is 12.1 Å². The molecule has 1 aliphatic heterocycles. The van der Waals surface area contributed by atoms with Gasteiger partial charge in [-0.05, 0) is 18.7 Å². The third-order valence-corrected chi connectivity index (χ3v) is 4.09. The van der Waals surface area contributed by atoms with Crippen LogP contribution in [0.15, 0.2) is 24.3 Å². The lowest BCUT2D eigenvalue weighted by Crippen LogP contribution is -2.39. The number of halogens is 3. The van der Waals surface area contributed by atoms with Crippen molar-refractivity contribution >= 4 is 5.91 Å². The molecule has 4 nitrogen and oxygen atoms in total. The highest BCUT2D eigenvalue weighted by molar-refractivity contribution is 5.78. The fourth-order valence-corrected chi connectivity index (χ4v) is 2.86. The van der Waals surface area contributed by atoms with Crippen molar-refractivity contribution in [2.45, 2.75) is 12.7 Å². The first kappa shape index (κ1) is 17.7. The molecule has 0 bridgehead atoms. The Bertz CT molecular complexity index is 548. The van der Waals surface area contributed by atoms with Gasteiger partial charge in [-0.1, -0.05) is 18.2 Å². The molecule has 1 aromatic rings. The van der Waals surface area contributed by atoms with Gasteiger partial charge in [0.05, 0.1) is 11.5 Å². The van der Waals surface area contributed by atoms with E-state index < -0.39 is 11.7 Å². The monoisotopic (exact) mass is 329 g/mol. The number of nitrogens with one attached hydrogen (secondary N) is 1. The van der Waals surface area contributed by atoms with Gasteiger partial charge in [0.15, 0.2) is 0 Å². The molecule has 128 valence electrons. The summed E-state index contributed by atoms with van der Waals surface area (Å²) in [6.45, 7) is 3.11. The Morgan fingerprint density at radius 2 is 2.04 bits per heavy atom. The van der Waals surface area contributed by atoms with Gasteiger partial charge in [0.2, 0.25) is 5.91 Å². The van der Waals surface area contributed by atoms with Crippen molar-refractivity contribution < 1.29 is 18.0 Å². The Balaban J connectivity index is 2.10. The molecule has 0 aliphatic carbocycles. The molecule has 0 aromatic heterocycles. The third-order valence-electron chi connectivity index (χ3n) is 4.09. The first-order chi connectivity index (χ1) is 10.8. The van der Waals surface area contributed by atoms with Crippen LogP contribution in [0.1, 0.15) is 11.1 Å². The van der Waals surface area contributed by atoms with Gasteiger partial charge in [-0.15, -0.1) is 0 Å². The summed E-state index contributed by atoms with van der Waals surface area (Å²) in [5.74, 6) is -0.217. The van der Waals surface area contributed by atoms with Crippen molar-refractivity contribution in [1.82, 2.24) is 15.1 Å². The summed E-state index contributed by atoms with van der Waals surface area (Å²) in [7, 11) is 3.55. The van der Waals surface area contributed by atoms with Gasteiger partial charge in [0, 0.05) is 39.8 Å². The van der Waals surface area contributed by atoms with E-state index in [2.05, 4.69) is 10.2 Å². The number of hydrogen-bond acceptors (Lipinski definition) is 3. The smallest absolute Gasteiger partial charge is 0.359 e. The van der Waals surface area contributed by atoms with E-state index >= 15 is 0 Å². The number of carbonyl (C=O) groups excluding carboxylic acids is 1. The van der Waals surface area contributed by atoms with Crippen LogP contribution in [0.2, 0.25) is 0 Å². The minimum absolute atomic E-state index is 0.0345. The number of likely N-dealkylation sites (N-methyl/N-ethyl adjacent to an activating group) is 1. The lowest BCUT2D eigenvalue weighted by atomic mass is 10.1. The Hall–Kier alpha value is -1.60. The van der Waals surface area contributed by atoms with Crippen LogP contribution < -0.4 is 5.32 Å². The van der Waals surface area contributed by atoms with Gasteiger partial charge in [0.25, 0.3) is 0 Å². The number of rotatable bonds is 3. The maximum Gasteiger partial charge on any atom is 0.416 e. The molecule has 0 radical (unpaired) electrons. The highest BCUT2D eigenvalue weighted by Gasteiger charge is 2.31. The van der Waals surface area contributed by atoms with Crippen molar-refractivity contribution in [2.24, 2.45) is 5.92 Å². The van der Waals surface area contributed by atoms with Gasteiger partial charge in [-0.25, -0.2) is 0 Å². The molecule has 1 fully saturated rings. The molecule has 0 saturated carbocycles.